The van der Waals surface area contributed by atoms with E-state index < -0.39 is 67.2 Å². The zero-order valence-corrected chi connectivity index (χ0v) is 19.0. The molecule has 4 fully saturated rings. The smallest absolute Gasteiger partial charge is 0.184 e. The predicted octanol–water partition coefficient (Wildman–Crippen LogP) is -0.163. The zero-order chi connectivity index (χ0) is 24.0. The maximum absolute atomic E-state index is 10.9. The molecule has 7 unspecified atom stereocenters. The molecule has 0 aromatic heterocycles. The molecule has 182 valence electrons. The van der Waals surface area contributed by atoms with Crippen LogP contribution in [-0.4, -0.2) is 96.7 Å². The lowest BCUT2D eigenvalue weighted by molar-refractivity contribution is -0.323. The van der Waals surface area contributed by atoms with Gasteiger partial charge in [-0.3, -0.25) is 0 Å². The van der Waals surface area contributed by atoms with Crippen LogP contribution in [0, 0.1) is 11.8 Å². The fraction of sp³-hybridized carbons (Fsp3) is 1.00. The monoisotopic (exact) mass is 456 g/mol. The van der Waals surface area contributed by atoms with Crippen LogP contribution in [0.25, 0.3) is 0 Å². The van der Waals surface area contributed by atoms with E-state index in [-0.39, 0.29) is 37.4 Å². The van der Waals surface area contributed by atoms with E-state index >= 15 is 0 Å². The van der Waals surface area contributed by atoms with E-state index in [4.69, 9.17) is 38.6 Å². The van der Waals surface area contributed by atoms with Gasteiger partial charge in [-0.15, -0.1) is 0 Å². The van der Waals surface area contributed by atoms with Gasteiger partial charge in [-0.2, -0.15) is 0 Å². The molecule has 0 aromatic carbocycles. The van der Waals surface area contributed by atoms with E-state index in [1.54, 1.807) is 0 Å². The first-order chi connectivity index (χ1) is 15.6. The molecule has 2 radical (unpaired) electrons. The van der Waals surface area contributed by atoms with Crippen molar-refractivity contribution in [3.05, 3.63) is 0 Å². The molecule has 3 heterocycles. The first kappa shape index (κ1) is 23.4. The van der Waals surface area contributed by atoms with Gasteiger partial charge in [0.15, 0.2) is 12.6 Å². The first-order valence-corrected chi connectivity index (χ1v) is 11.7. The summed E-state index contributed by atoms with van der Waals surface area (Å²) in [6, 6.07) is -0.496. The van der Waals surface area contributed by atoms with E-state index in [2.05, 4.69) is 0 Å². The molecule has 10 heteroatoms. The van der Waals surface area contributed by atoms with Crippen LogP contribution in [0.4, 0.5) is 0 Å². The summed E-state index contributed by atoms with van der Waals surface area (Å²) in [5.74, 6) is -0.915. The minimum atomic E-state index is -0.993. The van der Waals surface area contributed by atoms with Gasteiger partial charge in [0.2, 0.25) is 0 Å². The van der Waals surface area contributed by atoms with E-state index in [0.29, 0.717) is 6.42 Å². The molecule has 32 heavy (non-hydrogen) atoms. The molecule has 4 aliphatic rings. The Morgan fingerprint density at radius 2 is 1.56 bits per heavy atom. The largest absolute Gasteiger partial charge is 0.391 e. The number of ether oxygens (including phenoxy) is 5. The van der Waals surface area contributed by atoms with Gasteiger partial charge in [0, 0.05) is 19.7 Å². The van der Waals surface area contributed by atoms with E-state index in [1.165, 1.54) is 0 Å². The third kappa shape index (κ3) is 4.76. The number of fused-ring (bicyclic) bond motifs is 1. The van der Waals surface area contributed by atoms with E-state index in [0.717, 1.165) is 6.42 Å². The molecular weight excluding hydrogens is 417 g/mol. The van der Waals surface area contributed by atoms with Crippen LogP contribution in [0.2, 0.25) is 5.82 Å². The maximum atomic E-state index is 10.9. The highest BCUT2D eigenvalue weighted by molar-refractivity contribution is 6.12. The van der Waals surface area contributed by atoms with E-state index in [9.17, 15) is 15.3 Å². The summed E-state index contributed by atoms with van der Waals surface area (Å²) in [7, 11) is 6.30. The van der Waals surface area contributed by atoms with Gasteiger partial charge in [-0.1, -0.05) is 13.8 Å². The van der Waals surface area contributed by atoms with Gasteiger partial charge in [0.05, 0.1) is 38.4 Å². The molecule has 0 aromatic rings. The number of hydrogen-bond donors (Lipinski definition) is 4. The van der Waals surface area contributed by atoms with Crippen molar-refractivity contribution in [2.45, 2.75) is 126 Å². The molecule has 1 aliphatic carbocycles. The highest BCUT2D eigenvalue weighted by Crippen LogP contribution is 2.41. The Hall–Kier alpha value is -0.295. The predicted molar refractivity (Wildman–Crippen MR) is 115 cm³/mol. The van der Waals surface area contributed by atoms with Gasteiger partial charge in [0.25, 0.3) is 0 Å². The summed E-state index contributed by atoms with van der Waals surface area (Å²) < 4.78 is 37.5. The van der Waals surface area contributed by atoms with Crippen molar-refractivity contribution in [1.82, 2.24) is 0 Å². The second kappa shape index (κ2) is 9.75. The summed E-state index contributed by atoms with van der Waals surface area (Å²) in [5.41, 5.74) is 6.43. The topological polar surface area (TPSA) is 133 Å². The standard InChI is InChI=1S/C22H38BNO8/c1-8-6-12(24)18(19(15(8)26)32-21-13(25)7-11(4)29-21)31-22-14(23)16(27)20-17(30-22)9(2)5-10(3)28-20/h8-22,25-27H,5-7,24H2,1-4H3/t8-,9?,10?,11-,12?,13?,14?,15?,16-,17?,18-,19-,20+,21+,22-/m1/s1/i4D. The van der Waals surface area contributed by atoms with Gasteiger partial charge in [-0.05, 0) is 38.5 Å². The molecule has 3 aliphatic heterocycles. The molecular formula is C22H38BNO8. The third-order valence-corrected chi connectivity index (χ3v) is 7.35. The van der Waals surface area contributed by atoms with Crippen molar-refractivity contribution >= 4 is 7.85 Å². The molecule has 1 saturated carbocycles. The van der Waals surface area contributed by atoms with Crippen molar-refractivity contribution in [3.8, 4) is 0 Å². The minimum Gasteiger partial charge on any atom is -0.391 e. The Bertz CT molecular complexity index is 666. The second-order valence-corrected chi connectivity index (χ2v) is 10.2. The summed E-state index contributed by atoms with van der Waals surface area (Å²) in [6.45, 7) is 5.88. The second-order valence-electron chi connectivity index (χ2n) is 10.2. The summed E-state index contributed by atoms with van der Waals surface area (Å²) in [6.07, 6.45) is -6.31. The fourth-order valence-corrected chi connectivity index (χ4v) is 5.57. The van der Waals surface area contributed by atoms with Crippen LogP contribution in [0.3, 0.4) is 0 Å². The number of aliphatic hydroxyl groups excluding tert-OH is 3. The third-order valence-electron chi connectivity index (χ3n) is 7.35. The van der Waals surface area contributed by atoms with Gasteiger partial charge < -0.3 is 44.7 Å². The summed E-state index contributed by atoms with van der Waals surface area (Å²) in [5, 5.41) is 32.1. The van der Waals surface area contributed by atoms with Crippen LogP contribution in [0.15, 0.2) is 0 Å². The van der Waals surface area contributed by atoms with Crippen molar-refractivity contribution in [2.75, 3.05) is 0 Å². The molecule has 0 amide bonds. The zero-order valence-electron chi connectivity index (χ0n) is 20.0. The SMILES string of the molecule is [2H]C[C@@H]1CC(O)[C@H](O[C@@H]2C(O)[C@H](C)CC(N)[C@H]2O[C@H]2OC3C(C)CC(C)O[C@H]3[C@H](O)C2[B])O1. The Morgan fingerprint density at radius 1 is 0.844 bits per heavy atom. The molecule has 3 saturated heterocycles. The Kier molecular flexibility index (Phi) is 7.15. The summed E-state index contributed by atoms with van der Waals surface area (Å²) >= 11 is 0. The Labute approximate surface area is 192 Å². The molecule has 4 rings (SSSR count). The number of rotatable bonds is 4. The van der Waals surface area contributed by atoms with E-state index in [1.807, 2.05) is 20.8 Å². The average molecular weight is 456 g/mol. The van der Waals surface area contributed by atoms with Crippen molar-refractivity contribution < 1.29 is 40.4 Å². The van der Waals surface area contributed by atoms with Gasteiger partial charge >= 0.3 is 0 Å². The molecule has 15 atom stereocenters. The average Bonchev–Trinajstić information content (AvgIpc) is 3.12. The van der Waals surface area contributed by atoms with Crippen LogP contribution < -0.4 is 5.73 Å². The molecule has 0 bridgehead atoms. The molecule has 9 nitrogen and oxygen atoms in total. The minimum absolute atomic E-state index is 0.00395. The Balaban J connectivity index is 1.50. The van der Waals surface area contributed by atoms with Crippen LogP contribution >= 0.6 is 0 Å². The number of hydrogen-bond acceptors (Lipinski definition) is 9. The maximum Gasteiger partial charge on any atom is 0.184 e. The fourth-order valence-electron chi connectivity index (χ4n) is 5.57. The molecule has 0 spiro atoms. The normalized spacial score (nSPS) is 57.1. The van der Waals surface area contributed by atoms with Gasteiger partial charge in [-0.25, -0.2) is 0 Å². The first-order valence-electron chi connectivity index (χ1n) is 12.4. The number of nitrogens with two attached hydrogens (primary N) is 1. The van der Waals surface area contributed by atoms with Crippen LogP contribution in [0.1, 0.15) is 48.3 Å². The summed E-state index contributed by atoms with van der Waals surface area (Å²) in [4.78, 5) is 0. The van der Waals surface area contributed by atoms with Crippen molar-refractivity contribution in [1.29, 1.82) is 0 Å². The molecule has 5 N–H and O–H groups in total. The number of aliphatic hydroxyl groups is 3. The lowest BCUT2D eigenvalue weighted by Gasteiger charge is -2.51. The van der Waals surface area contributed by atoms with Gasteiger partial charge in [0.1, 0.15) is 24.4 Å². The van der Waals surface area contributed by atoms with Crippen molar-refractivity contribution in [3.63, 3.8) is 0 Å². The quantitative estimate of drug-likeness (QED) is 0.426. The van der Waals surface area contributed by atoms with Crippen LogP contribution in [-0.2, 0) is 23.7 Å². The van der Waals surface area contributed by atoms with Crippen molar-refractivity contribution in [2.24, 2.45) is 17.6 Å². The highest BCUT2D eigenvalue weighted by atomic mass is 16.7. The Morgan fingerprint density at radius 3 is 2.25 bits per heavy atom. The van der Waals surface area contributed by atoms with Crippen LogP contribution in [0.5, 0.6) is 0 Å². The lowest BCUT2D eigenvalue weighted by Crippen LogP contribution is -2.63. The lowest BCUT2D eigenvalue weighted by atomic mass is 9.73. The highest BCUT2D eigenvalue weighted by Gasteiger charge is 2.52.